The van der Waals surface area contributed by atoms with Crippen LogP contribution in [0.25, 0.3) is 0 Å². The van der Waals surface area contributed by atoms with E-state index in [9.17, 15) is 0 Å². The van der Waals surface area contributed by atoms with Crippen molar-refractivity contribution in [1.82, 2.24) is 30.4 Å². The fourth-order valence-corrected chi connectivity index (χ4v) is 4.12. The summed E-state index contributed by atoms with van der Waals surface area (Å²) in [6.45, 7) is 3.30. The van der Waals surface area contributed by atoms with Crippen LogP contribution in [-0.2, 0) is 13.5 Å². The van der Waals surface area contributed by atoms with Crippen molar-refractivity contribution < 1.29 is 0 Å². The smallest absolute Gasteiger partial charge is 0.176 e. The minimum Gasteiger partial charge on any atom is -0.313 e. The number of tetrazole rings is 1. The van der Waals surface area contributed by atoms with Crippen molar-refractivity contribution in [2.45, 2.75) is 63.6 Å². The van der Waals surface area contributed by atoms with Gasteiger partial charge in [-0.15, -0.1) is 10.2 Å². The molecule has 2 bridgehead atoms. The first-order valence-corrected chi connectivity index (χ1v) is 8.35. The van der Waals surface area contributed by atoms with Crippen LogP contribution < -0.4 is 5.32 Å². The molecule has 6 nitrogen and oxygen atoms in total. The Hall–Kier alpha value is -1.01. The lowest BCUT2D eigenvalue weighted by molar-refractivity contribution is 0.111. The predicted molar refractivity (Wildman–Crippen MR) is 81.9 cm³/mol. The van der Waals surface area contributed by atoms with Crippen molar-refractivity contribution in [1.29, 1.82) is 0 Å². The number of nitrogens with zero attached hydrogens (tertiary/aromatic N) is 5. The number of nitrogens with one attached hydrogen (secondary N) is 1. The van der Waals surface area contributed by atoms with Crippen LogP contribution >= 0.6 is 0 Å². The third-order valence-electron chi connectivity index (χ3n) is 5.31. The number of hydrogen-bond donors (Lipinski definition) is 1. The molecule has 1 aromatic heterocycles. The van der Waals surface area contributed by atoms with Crippen LogP contribution in [0, 0.1) is 5.92 Å². The summed E-state index contributed by atoms with van der Waals surface area (Å²) in [5.74, 6) is 1.62. The predicted octanol–water partition coefficient (Wildman–Crippen LogP) is 0.994. The highest BCUT2D eigenvalue weighted by Gasteiger charge is 2.41. The molecule has 1 aromatic rings. The second-order valence-electron chi connectivity index (χ2n) is 6.74. The van der Waals surface area contributed by atoms with Gasteiger partial charge in [0.05, 0.1) is 7.05 Å². The Kier molecular flexibility index (Phi) is 4.54. The average Bonchev–Trinajstić information content (AvgIpc) is 2.94. The molecule has 0 radical (unpaired) electrons. The van der Waals surface area contributed by atoms with Gasteiger partial charge in [-0.1, -0.05) is 6.92 Å². The highest BCUT2D eigenvalue weighted by atomic mass is 15.6. The SMILES string of the molecule is CCCNC(Cc1nnn(C)n1)C1CC2CCC(C1)N2C. The van der Waals surface area contributed by atoms with Crippen LogP contribution in [0.2, 0.25) is 0 Å². The summed E-state index contributed by atoms with van der Waals surface area (Å²) < 4.78 is 0. The summed E-state index contributed by atoms with van der Waals surface area (Å²) in [6.07, 6.45) is 7.46. The van der Waals surface area contributed by atoms with Crippen LogP contribution in [0.1, 0.15) is 44.9 Å². The molecule has 2 saturated heterocycles. The van der Waals surface area contributed by atoms with Crippen molar-refractivity contribution in [2.24, 2.45) is 13.0 Å². The van der Waals surface area contributed by atoms with E-state index in [0.717, 1.165) is 36.8 Å². The lowest BCUT2D eigenvalue weighted by Crippen LogP contribution is -2.48. The van der Waals surface area contributed by atoms with Gasteiger partial charge in [0.1, 0.15) is 0 Å². The summed E-state index contributed by atoms with van der Waals surface area (Å²) in [5.41, 5.74) is 0. The maximum Gasteiger partial charge on any atom is 0.176 e. The van der Waals surface area contributed by atoms with E-state index in [1.54, 1.807) is 4.80 Å². The molecule has 0 aliphatic carbocycles. The van der Waals surface area contributed by atoms with Crippen LogP contribution in [0.3, 0.4) is 0 Å². The van der Waals surface area contributed by atoms with E-state index in [1.807, 2.05) is 7.05 Å². The number of fused-ring (bicyclic) bond motifs is 2. The average molecular weight is 292 g/mol. The van der Waals surface area contributed by atoms with Crippen molar-refractivity contribution >= 4 is 0 Å². The molecule has 2 aliphatic rings. The summed E-state index contributed by atoms with van der Waals surface area (Å²) in [4.78, 5) is 4.17. The van der Waals surface area contributed by atoms with E-state index in [0.29, 0.717) is 6.04 Å². The van der Waals surface area contributed by atoms with Crippen molar-refractivity contribution in [3.63, 3.8) is 0 Å². The minimum absolute atomic E-state index is 0.492. The van der Waals surface area contributed by atoms with Crippen molar-refractivity contribution in [3.8, 4) is 0 Å². The lowest BCUT2D eigenvalue weighted by atomic mass is 9.83. The van der Waals surface area contributed by atoms with E-state index in [2.05, 4.69) is 39.6 Å². The monoisotopic (exact) mass is 292 g/mol. The van der Waals surface area contributed by atoms with Crippen LogP contribution in [0.4, 0.5) is 0 Å². The van der Waals surface area contributed by atoms with Gasteiger partial charge in [-0.2, -0.15) is 4.80 Å². The first-order chi connectivity index (χ1) is 10.2. The molecule has 3 rings (SSSR count). The lowest BCUT2D eigenvalue weighted by Gasteiger charge is -2.40. The maximum absolute atomic E-state index is 4.37. The molecule has 3 heterocycles. The van der Waals surface area contributed by atoms with Crippen LogP contribution in [0.15, 0.2) is 0 Å². The summed E-state index contributed by atoms with van der Waals surface area (Å²) >= 11 is 0. The molecule has 2 aliphatic heterocycles. The number of aryl methyl sites for hydroxylation is 1. The van der Waals surface area contributed by atoms with Crippen molar-refractivity contribution in [3.05, 3.63) is 5.82 Å². The van der Waals surface area contributed by atoms with Gasteiger partial charge in [0.15, 0.2) is 5.82 Å². The second-order valence-corrected chi connectivity index (χ2v) is 6.74. The summed E-state index contributed by atoms with van der Waals surface area (Å²) in [7, 11) is 4.14. The number of rotatable bonds is 6. The minimum atomic E-state index is 0.492. The normalized spacial score (nSPS) is 30.7. The Morgan fingerprint density at radius 2 is 1.95 bits per heavy atom. The van der Waals surface area contributed by atoms with Gasteiger partial charge < -0.3 is 10.2 Å². The van der Waals surface area contributed by atoms with Gasteiger partial charge in [-0.05, 0) is 56.8 Å². The quantitative estimate of drug-likeness (QED) is 0.847. The Morgan fingerprint density at radius 1 is 1.24 bits per heavy atom. The summed E-state index contributed by atoms with van der Waals surface area (Å²) in [5, 5.41) is 16.3. The van der Waals surface area contributed by atoms with Crippen LogP contribution in [-0.4, -0.2) is 56.8 Å². The Morgan fingerprint density at radius 3 is 2.52 bits per heavy atom. The molecule has 3 unspecified atom stereocenters. The van der Waals surface area contributed by atoms with Gasteiger partial charge in [0.2, 0.25) is 0 Å². The maximum atomic E-state index is 4.37. The van der Waals surface area contributed by atoms with E-state index in [-0.39, 0.29) is 0 Å². The zero-order valence-electron chi connectivity index (χ0n) is 13.5. The molecule has 21 heavy (non-hydrogen) atoms. The first-order valence-electron chi connectivity index (χ1n) is 8.35. The number of piperidine rings is 1. The number of hydrogen-bond acceptors (Lipinski definition) is 5. The standard InChI is InChI=1S/C15H28N6/c1-4-7-16-14(10-15-17-19-21(3)18-15)11-8-12-5-6-13(9-11)20(12)2/h11-14,16H,4-10H2,1-3H3. The van der Waals surface area contributed by atoms with E-state index in [1.165, 1.54) is 32.1 Å². The molecule has 3 atom stereocenters. The van der Waals surface area contributed by atoms with Gasteiger partial charge in [0, 0.05) is 24.5 Å². The topological polar surface area (TPSA) is 58.9 Å². The Balaban J connectivity index is 1.67. The van der Waals surface area contributed by atoms with E-state index < -0.39 is 0 Å². The third kappa shape index (κ3) is 3.26. The molecule has 0 spiro atoms. The zero-order chi connectivity index (χ0) is 14.8. The largest absolute Gasteiger partial charge is 0.313 e. The molecule has 0 saturated carbocycles. The molecule has 1 N–H and O–H groups in total. The summed E-state index contributed by atoms with van der Waals surface area (Å²) in [6, 6.07) is 2.06. The van der Waals surface area contributed by atoms with Gasteiger partial charge in [-0.25, -0.2) is 0 Å². The Bertz CT molecular complexity index is 445. The van der Waals surface area contributed by atoms with Gasteiger partial charge >= 0.3 is 0 Å². The Labute approximate surface area is 127 Å². The molecular formula is C15H28N6. The van der Waals surface area contributed by atoms with Gasteiger partial charge in [0.25, 0.3) is 0 Å². The molecule has 118 valence electrons. The third-order valence-corrected chi connectivity index (χ3v) is 5.31. The molecule has 6 heteroatoms. The zero-order valence-corrected chi connectivity index (χ0v) is 13.5. The fraction of sp³-hybridized carbons (Fsp3) is 0.933. The fourth-order valence-electron chi connectivity index (χ4n) is 4.12. The molecule has 0 amide bonds. The van der Waals surface area contributed by atoms with Crippen molar-refractivity contribution in [2.75, 3.05) is 13.6 Å². The van der Waals surface area contributed by atoms with Crippen LogP contribution in [0.5, 0.6) is 0 Å². The van der Waals surface area contributed by atoms with E-state index in [4.69, 9.17) is 0 Å². The highest BCUT2D eigenvalue weighted by Crippen LogP contribution is 2.39. The molecule has 2 fully saturated rings. The highest BCUT2D eigenvalue weighted by molar-refractivity contribution is 4.98. The first kappa shape index (κ1) is 14.9. The second kappa shape index (κ2) is 6.40. The van der Waals surface area contributed by atoms with Gasteiger partial charge in [-0.3, -0.25) is 0 Å². The molecule has 0 aromatic carbocycles. The van der Waals surface area contributed by atoms with E-state index >= 15 is 0 Å². The molecular weight excluding hydrogens is 264 g/mol. The number of aromatic nitrogens is 4.